The standard InChI is InChI=1S/C12H18N4OS/c1-12(11(13)18)3-5-16(6-4-12)10(17)9-7-15(2)8-14-9/h7-8H,3-6H2,1-2H3,(H2,13,18). The zero-order valence-corrected chi connectivity index (χ0v) is 11.5. The molecule has 1 aliphatic rings. The predicted octanol–water partition coefficient (Wildman–Crippen LogP) is 0.949. The molecular formula is C12H18N4OS. The number of likely N-dealkylation sites (tertiary alicyclic amines) is 1. The van der Waals surface area contributed by atoms with Crippen molar-refractivity contribution >= 4 is 23.1 Å². The van der Waals surface area contributed by atoms with E-state index in [1.165, 1.54) is 0 Å². The third-order valence-corrected chi connectivity index (χ3v) is 4.17. The molecule has 5 nitrogen and oxygen atoms in total. The van der Waals surface area contributed by atoms with Gasteiger partial charge in [-0.15, -0.1) is 0 Å². The summed E-state index contributed by atoms with van der Waals surface area (Å²) in [6, 6.07) is 0. The number of carbonyl (C=O) groups excluding carboxylic acids is 1. The van der Waals surface area contributed by atoms with Gasteiger partial charge in [0, 0.05) is 31.7 Å². The minimum atomic E-state index is -0.115. The van der Waals surface area contributed by atoms with Gasteiger partial charge < -0.3 is 15.2 Å². The van der Waals surface area contributed by atoms with Gasteiger partial charge in [-0.3, -0.25) is 4.79 Å². The smallest absolute Gasteiger partial charge is 0.274 e. The second-order valence-electron chi connectivity index (χ2n) is 5.14. The molecule has 2 rings (SSSR count). The summed E-state index contributed by atoms with van der Waals surface area (Å²) in [5, 5.41) is 0. The molecule has 2 heterocycles. The van der Waals surface area contributed by atoms with E-state index in [9.17, 15) is 4.79 Å². The monoisotopic (exact) mass is 266 g/mol. The maximum Gasteiger partial charge on any atom is 0.274 e. The van der Waals surface area contributed by atoms with Gasteiger partial charge in [0.15, 0.2) is 0 Å². The number of carbonyl (C=O) groups is 1. The van der Waals surface area contributed by atoms with Gasteiger partial charge in [0.2, 0.25) is 0 Å². The molecule has 18 heavy (non-hydrogen) atoms. The molecule has 0 bridgehead atoms. The fourth-order valence-corrected chi connectivity index (χ4v) is 2.34. The molecule has 0 saturated carbocycles. The topological polar surface area (TPSA) is 64.2 Å². The molecule has 1 aliphatic heterocycles. The first kappa shape index (κ1) is 13.0. The second-order valence-corrected chi connectivity index (χ2v) is 5.58. The van der Waals surface area contributed by atoms with Gasteiger partial charge in [-0.2, -0.15) is 0 Å². The van der Waals surface area contributed by atoms with Crippen LogP contribution in [0.1, 0.15) is 30.3 Å². The zero-order chi connectivity index (χ0) is 13.3. The number of piperidine rings is 1. The predicted molar refractivity (Wildman–Crippen MR) is 73.2 cm³/mol. The van der Waals surface area contributed by atoms with Crippen LogP contribution >= 0.6 is 12.2 Å². The first-order chi connectivity index (χ1) is 8.42. The maximum absolute atomic E-state index is 12.2. The van der Waals surface area contributed by atoms with E-state index in [1.807, 2.05) is 11.9 Å². The number of hydrogen-bond acceptors (Lipinski definition) is 3. The van der Waals surface area contributed by atoms with E-state index in [0.29, 0.717) is 23.8 Å². The molecule has 0 atom stereocenters. The van der Waals surface area contributed by atoms with E-state index in [0.717, 1.165) is 12.8 Å². The maximum atomic E-state index is 12.2. The van der Waals surface area contributed by atoms with E-state index in [-0.39, 0.29) is 11.3 Å². The molecule has 0 spiro atoms. The number of amides is 1. The normalized spacial score (nSPS) is 18.7. The van der Waals surface area contributed by atoms with Gasteiger partial charge in [-0.25, -0.2) is 4.98 Å². The van der Waals surface area contributed by atoms with E-state index in [1.54, 1.807) is 17.1 Å². The van der Waals surface area contributed by atoms with Gasteiger partial charge in [0.1, 0.15) is 5.69 Å². The molecule has 1 aromatic rings. The number of imidazole rings is 1. The Balaban J connectivity index is 2.02. The highest BCUT2D eigenvalue weighted by molar-refractivity contribution is 7.80. The Morgan fingerprint density at radius 1 is 1.50 bits per heavy atom. The highest BCUT2D eigenvalue weighted by Gasteiger charge is 2.34. The molecule has 0 unspecified atom stereocenters. The van der Waals surface area contributed by atoms with E-state index >= 15 is 0 Å². The summed E-state index contributed by atoms with van der Waals surface area (Å²) in [7, 11) is 1.85. The molecule has 1 aromatic heterocycles. The summed E-state index contributed by atoms with van der Waals surface area (Å²) in [5.74, 6) is -0.0133. The number of aromatic nitrogens is 2. The fourth-order valence-electron chi connectivity index (χ4n) is 2.13. The van der Waals surface area contributed by atoms with Crippen LogP contribution in [0.3, 0.4) is 0 Å². The van der Waals surface area contributed by atoms with Crippen molar-refractivity contribution in [3.63, 3.8) is 0 Å². The largest absolute Gasteiger partial charge is 0.393 e. The Hall–Kier alpha value is -1.43. The third-order valence-electron chi connectivity index (χ3n) is 3.67. The highest BCUT2D eigenvalue weighted by atomic mass is 32.1. The number of nitrogens with zero attached hydrogens (tertiary/aromatic N) is 3. The second kappa shape index (κ2) is 4.68. The Labute approximate surface area is 112 Å². The van der Waals surface area contributed by atoms with E-state index in [2.05, 4.69) is 11.9 Å². The van der Waals surface area contributed by atoms with Crippen molar-refractivity contribution in [2.45, 2.75) is 19.8 Å². The number of thiocarbonyl (C=S) groups is 1. The minimum absolute atomic E-state index is 0.0133. The van der Waals surface area contributed by atoms with Crippen LogP contribution in [0.4, 0.5) is 0 Å². The van der Waals surface area contributed by atoms with Crippen molar-refractivity contribution in [3.8, 4) is 0 Å². The third kappa shape index (κ3) is 2.38. The van der Waals surface area contributed by atoms with Crippen LogP contribution in [0.5, 0.6) is 0 Å². The molecular weight excluding hydrogens is 248 g/mol. The first-order valence-electron chi connectivity index (χ1n) is 5.99. The summed E-state index contributed by atoms with van der Waals surface area (Å²) < 4.78 is 1.77. The summed E-state index contributed by atoms with van der Waals surface area (Å²) in [6.45, 7) is 3.43. The van der Waals surface area contributed by atoms with Crippen LogP contribution in [0.2, 0.25) is 0 Å². The van der Waals surface area contributed by atoms with Crippen LogP contribution in [-0.2, 0) is 7.05 Å². The Bertz CT molecular complexity index is 474. The summed E-state index contributed by atoms with van der Waals surface area (Å²) >= 11 is 5.09. The SMILES string of the molecule is Cn1cnc(C(=O)N2CCC(C)(C(N)=S)CC2)c1. The Morgan fingerprint density at radius 2 is 2.11 bits per heavy atom. The van der Waals surface area contributed by atoms with Crippen molar-refractivity contribution in [2.24, 2.45) is 18.2 Å². The van der Waals surface area contributed by atoms with Crippen molar-refractivity contribution in [3.05, 3.63) is 18.2 Å². The number of aryl methyl sites for hydroxylation is 1. The number of nitrogens with two attached hydrogens (primary N) is 1. The van der Waals surface area contributed by atoms with Crippen LogP contribution in [0.25, 0.3) is 0 Å². The molecule has 98 valence electrons. The summed E-state index contributed by atoms with van der Waals surface area (Å²) in [6.07, 6.45) is 5.02. The van der Waals surface area contributed by atoms with Gasteiger partial charge in [-0.05, 0) is 12.8 Å². The van der Waals surface area contributed by atoms with Crippen LogP contribution in [0, 0.1) is 5.41 Å². The molecule has 2 N–H and O–H groups in total. The summed E-state index contributed by atoms with van der Waals surface area (Å²) in [4.78, 5) is 18.6. The lowest BCUT2D eigenvalue weighted by Crippen LogP contribution is -2.46. The first-order valence-corrected chi connectivity index (χ1v) is 6.40. The Kier molecular flexibility index (Phi) is 3.38. The molecule has 0 aromatic carbocycles. The quantitative estimate of drug-likeness (QED) is 0.809. The van der Waals surface area contributed by atoms with Crippen molar-refractivity contribution in [1.29, 1.82) is 0 Å². The molecule has 6 heteroatoms. The zero-order valence-electron chi connectivity index (χ0n) is 10.7. The Morgan fingerprint density at radius 3 is 2.56 bits per heavy atom. The van der Waals surface area contributed by atoms with Crippen molar-refractivity contribution in [1.82, 2.24) is 14.5 Å². The molecule has 0 aliphatic carbocycles. The van der Waals surface area contributed by atoms with Crippen LogP contribution in [0.15, 0.2) is 12.5 Å². The van der Waals surface area contributed by atoms with Gasteiger partial charge in [0.05, 0.1) is 11.3 Å². The minimum Gasteiger partial charge on any atom is -0.393 e. The fraction of sp³-hybridized carbons (Fsp3) is 0.583. The van der Waals surface area contributed by atoms with Crippen molar-refractivity contribution < 1.29 is 4.79 Å². The van der Waals surface area contributed by atoms with Gasteiger partial charge >= 0.3 is 0 Å². The molecule has 1 amide bonds. The average molecular weight is 266 g/mol. The lowest BCUT2D eigenvalue weighted by molar-refractivity contribution is 0.0664. The molecule has 1 fully saturated rings. The highest BCUT2D eigenvalue weighted by Crippen LogP contribution is 2.31. The molecule has 1 saturated heterocycles. The van der Waals surface area contributed by atoms with Gasteiger partial charge in [-0.1, -0.05) is 19.1 Å². The van der Waals surface area contributed by atoms with Crippen LogP contribution < -0.4 is 5.73 Å². The van der Waals surface area contributed by atoms with Crippen LogP contribution in [-0.4, -0.2) is 38.4 Å². The van der Waals surface area contributed by atoms with Crippen molar-refractivity contribution in [2.75, 3.05) is 13.1 Å². The lowest BCUT2D eigenvalue weighted by atomic mass is 9.80. The van der Waals surface area contributed by atoms with Gasteiger partial charge in [0.25, 0.3) is 5.91 Å². The molecule has 0 radical (unpaired) electrons. The number of hydrogen-bond donors (Lipinski definition) is 1. The number of rotatable bonds is 2. The van der Waals surface area contributed by atoms with E-state index in [4.69, 9.17) is 18.0 Å². The lowest BCUT2D eigenvalue weighted by Gasteiger charge is -2.38. The average Bonchev–Trinajstić information content (AvgIpc) is 2.76. The van der Waals surface area contributed by atoms with E-state index < -0.39 is 0 Å². The summed E-state index contributed by atoms with van der Waals surface area (Å²) in [5.41, 5.74) is 6.13.